The number of hydrogen-bond donors (Lipinski definition) is 2. The third-order valence-electron chi connectivity index (χ3n) is 2.56. The van der Waals surface area contributed by atoms with Gasteiger partial charge in [0.25, 0.3) is 0 Å². The van der Waals surface area contributed by atoms with E-state index >= 15 is 0 Å². The van der Waals surface area contributed by atoms with Crippen LogP contribution in [0.3, 0.4) is 0 Å². The molecule has 0 aliphatic heterocycles. The van der Waals surface area contributed by atoms with Gasteiger partial charge in [-0.25, -0.2) is 4.98 Å². The van der Waals surface area contributed by atoms with Crippen LogP contribution in [0.1, 0.15) is 11.1 Å². The maximum atomic E-state index is 8.68. The van der Waals surface area contributed by atoms with Gasteiger partial charge < -0.3 is 15.7 Å². The van der Waals surface area contributed by atoms with E-state index in [0.717, 1.165) is 10.0 Å². The molecule has 0 aliphatic carbocycles. The van der Waals surface area contributed by atoms with Crippen molar-refractivity contribution in [1.29, 1.82) is 0 Å². The zero-order valence-corrected chi connectivity index (χ0v) is 12.6. The number of benzene rings is 1. The lowest BCUT2D eigenvalue weighted by molar-refractivity contribution is 0.293. The van der Waals surface area contributed by atoms with E-state index in [0.29, 0.717) is 12.2 Å². The van der Waals surface area contributed by atoms with Crippen molar-refractivity contribution in [3.8, 4) is 5.88 Å². The molecule has 7 heteroatoms. The van der Waals surface area contributed by atoms with Crippen molar-refractivity contribution < 1.29 is 9.94 Å². The molecule has 0 saturated carbocycles. The van der Waals surface area contributed by atoms with Gasteiger partial charge in [-0.3, -0.25) is 0 Å². The minimum absolute atomic E-state index is 0.0943. The van der Waals surface area contributed by atoms with Crippen LogP contribution in [0.15, 0.2) is 46.2 Å². The fourth-order valence-electron chi connectivity index (χ4n) is 1.54. The standard InChI is InChI=1S/C13H11BrClN3O2/c14-10-4-2-1-3-8(10)7-20-13-11(15)9(5-6-17-13)12(16)18-19/h1-6,19H,7H2,(H2,16,18). The number of aromatic nitrogens is 1. The molecule has 1 aromatic carbocycles. The number of ether oxygens (including phenoxy) is 1. The van der Waals surface area contributed by atoms with E-state index in [-0.39, 0.29) is 16.7 Å². The Morgan fingerprint density at radius 3 is 2.85 bits per heavy atom. The summed E-state index contributed by atoms with van der Waals surface area (Å²) in [7, 11) is 0. The molecular formula is C13H11BrClN3O2. The second kappa shape index (κ2) is 6.58. The van der Waals surface area contributed by atoms with Crippen LogP contribution in [-0.2, 0) is 6.61 Å². The van der Waals surface area contributed by atoms with Gasteiger partial charge in [0.05, 0.1) is 0 Å². The van der Waals surface area contributed by atoms with E-state index < -0.39 is 0 Å². The van der Waals surface area contributed by atoms with E-state index in [1.807, 2.05) is 24.3 Å². The fourth-order valence-corrected chi connectivity index (χ4v) is 2.20. The molecule has 0 amide bonds. The number of pyridine rings is 1. The van der Waals surface area contributed by atoms with E-state index in [9.17, 15) is 0 Å². The molecule has 104 valence electrons. The summed E-state index contributed by atoms with van der Waals surface area (Å²) in [5.74, 6) is 0.134. The lowest BCUT2D eigenvalue weighted by Gasteiger charge is -2.10. The maximum Gasteiger partial charge on any atom is 0.233 e. The minimum Gasteiger partial charge on any atom is -0.472 e. The minimum atomic E-state index is -0.0943. The Morgan fingerprint density at radius 1 is 1.40 bits per heavy atom. The first kappa shape index (κ1) is 14.6. The molecule has 0 unspecified atom stereocenters. The Kier molecular flexibility index (Phi) is 4.81. The topological polar surface area (TPSA) is 80.7 Å². The van der Waals surface area contributed by atoms with Crippen molar-refractivity contribution >= 4 is 33.4 Å². The van der Waals surface area contributed by atoms with Crippen LogP contribution in [0.5, 0.6) is 5.88 Å². The van der Waals surface area contributed by atoms with Crippen LogP contribution in [-0.4, -0.2) is 16.0 Å². The molecule has 1 heterocycles. The SMILES string of the molecule is N/C(=N/O)c1ccnc(OCc2ccccc2Br)c1Cl. The normalized spacial score (nSPS) is 11.4. The van der Waals surface area contributed by atoms with Gasteiger partial charge in [0.1, 0.15) is 11.6 Å². The summed E-state index contributed by atoms with van der Waals surface area (Å²) >= 11 is 9.55. The molecule has 2 aromatic rings. The van der Waals surface area contributed by atoms with Crippen molar-refractivity contribution in [2.75, 3.05) is 0 Å². The summed E-state index contributed by atoms with van der Waals surface area (Å²) in [5.41, 5.74) is 6.84. The Morgan fingerprint density at radius 2 is 2.15 bits per heavy atom. The van der Waals surface area contributed by atoms with Gasteiger partial charge in [0.2, 0.25) is 5.88 Å². The highest BCUT2D eigenvalue weighted by Gasteiger charge is 2.12. The Balaban J connectivity index is 2.21. The van der Waals surface area contributed by atoms with Gasteiger partial charge >= 0.3 is 0 Å². The second-order valence-corrected chi connectivity index (χ2v) is 5.08. The molecule has 0 spiro atoms. The molecule has 0 atom stereocenters. The predicted octanol–water partition coefficient (Wildman–Crippen LogP) is 3.17. The molecule has 5 nitrogen and oxygen atoms in total. The summed E-state index contributed by atoms with van der Waals surface area (Å²) in [4.78, 5) is 4.04. The highest BCUT2D eigenvalue weighted by molar-refractivity contribution is 9.10. The average molecular weight is 357 g/mol. The van der Waals surface area contributed by atoms with Crippen molar-refractivity contribution in [2.45, 2.75) is 6.61 Å². The molecule has 0 saturated heterocycles. The molecule has 0 fully saturated rings. The van der Waals surface area contributed by atoms with Crippen LogP contribution in [0, 0.1) is 0 Å². The number of hydrogen-bond acceptors (Lipinski definition) is 4. The molecule has 0 bridgehead atoms. The van der Waals surface area contributed by atoms with Gasteiger partial charge in [-0.15, -0.1) is 0 Å². The van der Waals surface area contributed by atoms with E-state index in [1.54, 1.807) is 6.07 Å². The summed E-state index contributed by atoms with van der Waals surface area (Å²) in [6.45, 7) is 0.299. The van der Waals surface area contributed by atoms with Gasteiger partial charge in [-0.05, 0) is 12.1 Å². The van der Waals surface area contributed by atoms with E-state index in [1.165, 1.54) is 6.20 Å². The average Bonchev–Trinajstić information content (AvgIpc) is 2.47. The van der Waals surface area contributed by atoms with Crippen LogP contribution >= 0.6 is 27.5 Å². The largest absolute Gasteiger partial charge is 0.472 e. The molecule has 0 aliphatic rings. The van der Waals surface area contributed by atoms with E-state index in [2.05, 4.69) is 26.1 Å². The Hall–Kier alpha value is -1.79. The molecular weight excluding hydrogens is 346 g/mol. The number of halogens is 2. The smallest absolute Gasteiger partial charge is 0.233 e. The summed E-state index contributed by atoms with van der Waals surface area (Å²) in [6.07, 6.45) is 1.48. The first-order chi connectivity index (χ1) is 9.63. The Labute approximate surface area is 129 Å². The highest BCUT2D eigenvalue weighted by Crippen LogP contribution is 2.27. The monoisotopic (exact) mass is 355 g/mol. The molecule has 1 aromatic heterocycles. The summed E-state index contributed by atoms with van der Waals surface area (Å²) in [5, 5.41) is 11.8. The molecule has 20 heavy (non-hydrogen) atoms. The first-order valence-corrected chi connectivity index (χ1v) is 6.79. The fraction of sp³-hybridized carbons (Fsp3) is 0.0769. The zero-order chi connectivity index (χ0) is 14.5. The number of amidine groups is 1. The third-order valence-corrected chi connectivity index (χ3v) is 3.70. The highest BCUT2D eigenvalue weighted by atomic mass is 79.9. The molecule has 0 radical (unpaired) electrons. The maximum absolute atomic E-state index is 8.68. The Bertz CT molecular complexity index is 649. The lowest BCUT2D eigenvalue weighted by Crippen LogP contribution is -2.14. The quantitative estimate of drug-likeness (QED) is 0.381. The van der Waals surface area contributed by atoms with Crippen LogP contribution in [0.2, 0.25) is 5.02 Å². The zero-order valence-electron chi connectivity index (χ0n) is 10.3. The lowest BCUT2D eigenvalue weighted by atomic mass is 10.2. The van der Waals surface area contributed by atoms with Crippen molar-refractivity contribution in [3.05, 3.63) is 57.2 Å². The number of rotatable bonds is 4. The van der Waals surface area contributed by atoms with E-state index in [4.69, 9.17) is 27.3 Å². The summed E-state index contributed by atoms with van der Waals surface area (Å²) in [6, 6.07) is 9.21. The van der Waals surface area contributed by atoms with Gasteiger partial charge in [0.15, 0.2) is 5.84 Å². The van der Waals surface area contributed by atoms with Crippen molar-refractivity contribution in [1.82, 2.24) is 4.98 Å². The second-order valence-electron chi connectivity index (χ2n) is 3.84. The number of nitrogens with zero attached hydrogens (tertiary/aromatic N) is 2. The van der Waals surface area contributed by atoms with Crippen LogP contribution in [0.25, 0.3) is 0 Å². The van der Waals surface area contributed by atoms with Crippen molar-refractivity contribution in [3.63, 3.8) is 0 Å². The molecule has 2 rings (SSSR count). The van der Waals surface area contributed by atoms with Gasteiger partial charge in [-0.2, -0.15) is 0 Å². The number of nitrogens with two attached hydrogens (primary N) is 1. The van der Waals surface area contributed by atoms with Gasteiger partial charge in [-0.1, -0.05) is 50.9 Å². The predicted molar refractivity (Wildman–Crippen MR) is 80.2 cm³/mol. The third kappa shape index (κ3) is 3.20. The molecule has 3 N–H and O–H groups in total. The first-order valence-electron chi connectivity index (χ1n) is 5.62. The van der Waals surface area contributed by atoms with Gasteiger partial charge in [0, 0.05) is 21.8 Å². The van der Waals surface area contributed by atoms with Crippen LogP contribution in [0.4, 0.5) is 0 Å². The van der Waals surface area contributed by atoms with Crippen LogP contribution < -0.4 is 10.5 Å². The number of oxime groups is 1. The van der Waals surface area contributed by atoms with Crippen molar-refractivity contribution in [2.24, 2.45) is 10.9 Å². The summed E-state index contributed by atoms with van der Waals surface area (Å²) < 4.78 is 6.51.